The van der Waals surface area contributed by atoms with Crippen molar-refractivity contribution in [3.63, 3.8) is 0 Å². The van der Waals surface area contributed by atoms with Gasteiger partial charge in [-0.25, -0.2) is 4.98 Å². The summed E-state index contributed by atoms with van der Waals surface area (Å²) >= 11 is 1.89. The zero-order valence-electron chi connectivity index (χ0n) is 14.0. The molecule has 1 aliphatic carbocycles. The van der Waals surface area contributed by atoms with Crippen molar-refractivity contribution in [2.75, 3.05) is 11.9 Å². The Labute approximate surface area is 165 Å². The smallest absolute Gasteiger partial charge is 0.193 e. The van der Waals surface area contributed by atoms with Crippen LogP contribution in [0.2, 0.25) is 0 Å². The van der Waals surface area contributed by atoms with E-state index in [2.05, 4.69) is 29.4 Å². The Kier molecular flexibility index (Phi) is 7.48. The molecular formula is C18H25IN4S. The number of nitrogens with one attached hydrogen (secondary N) is 1. The number of aliphatic imine (C=N–C) groups is 1. The number of aromatic nitrogens is 1. The van der Waals surface area contributed by atoms with Crippen molar-refractivity contribution in [1.29, 1.82) is 0 Å². The summed E-state index contributed by atoms with van der Waals surface area (Å²) in [7, 11) is 0. The maximum absolute atomic E-state index is 5.93. The zero-order chi connectivity index (χ0) is 16.1. The molecule has 0 saturated carbocycles. The highest BCUT2D eigenvalue weighted by molar-refractivity contribution is 14.0. The van der Waals surface area contributed by atoms with Gasteiger partial charge >= 0.3 is 0 Å². The molecule has 0 bridgehead atoms. The second-order valence-electron chi connectivity index (χ2n) is 6.05. The Hall–Kier alpha value is -1.15. The molecule has 24 heavy (non-hydrogen) atoms. The highest BCUT2D eigenvalue weighted by Gasteiger charge is 2.14. The highest BCUT2D eigenvalue weighted by Crippen LogP contribution is 2.27. The van der Waals surface area contributed by atoms with E-state index in [1.807, 2.05) is 23.5 Å². The molecule has 1 aromatic heterocycles. The van der Waals surface area contributed by atoms with Crippen LogP contribution in [0.15, 0.2) is 29.3 Å². The van der Waals surface area contributed by atoms with Gasteiger partial charge in [-0.1, -0.05) is 17.7 Å². The average molecular weight is 456 g/mol. The van der Waals surface area contributed by atoms with Gasteiger partial charge in [-0.05, 0) is 51.2 Å². The van der Waals surface area contributed by atoms with Gasteiger partial charge in [0.15, 0.2) is 5.96 Å². The second-order valence-corrected chi connectivity index (χ2v) is 7.21. The van der Waals surface area contributed by atoms with Crippen LogP contribution in [-0.4, -0.2) is 17.5 Å². The van der Waals surface area contributed by atoms with E-state index in [1.165, 1.54) is 40.4 Å². The van der Waals surface area contributed by atoms with E-state index >= 15 is 0 Å². The van der Waals surface area contributed by atoms with Crippen molar-refractivity contribution in [3.05, 3.63) is 45.4 Å². The maximum atomic E-state index is 5.93. The van der Waals surface area contributed by atoms with Crippen LogP contribution in [0.25, 0.3) is 0 Å². The van der Waals surface area contributed by atoms with Crippen LogP contribution in [0.4, 0.5) is 5.69 Å². The lowest BCUT2D eigenvalue weighted by Gasteiger charge is -2.06. The minimum absolute atomic E-state index is 0. The molecule has 1 aromatic carbocycles. The number of aryl methyl sites for hydroxylation is 4. The quantitative estimate of drug-likeness (QED) is 0.305. The summed E-state index contributed by atoms with van der Waals surface area (Å²) in [4.78, 5) is 10.7. The number of rotatable bonds is 5. The third kappa shape index (κ3) is 5.44. The molecule has 0 radical (unpaired) electrons. The lowest BCUT2D eigenvalue weighted by atomic mass is 10.0. The number of nitrogens with zero attached hydrogens (tertiary/aromatic N) is 2. The Balaban J connectivity index is 0.00000208. The largest absolute Gasteiger partial charge is 0.370 e. The maximum Gasteiger partial charge on any atom is 0.193 e. The molecule has 3 N–H and O–H groups in total. The van der Waals surface area contributed by atoms with Crippen LogP contribution in [0, 0.1) is 6.92 Å². The van der Waals surface area contributed by atoms with Crippen molar-refractivity contribution < 1.29 is 0 Å². The van der Waals surface area contributed by atoms with Crippen LogP contribution >= 0.6 is 35.3 Å². The van der Waals surface area contributed by atoms with E-state index in [0.29, 0.717) is 5.96 Å². The van der Waals surface area contributed by atoms with E-state index < -0.39 is 0 Å². The Morgan fingerprint density at radius 1 is 1.25 bits per heavy atom. The fraction of sp³-hybridized carbons (Fsp3) is 0.444. The van der Waals surface area contributed by atoms with Gasteiger partial charge in [0.05, 0.1) is 10.7 Å². The average Bonchev–Trinajstić information content (AvgIpc) is 2.96. The Bertz CT molecular complexity index is 655. The fourth-order valence-corrected chi connectivity index (χ4v) is 3.97. The standard InChI is InChI=1S/C18H24N4S.HI/c1-13-8-10-14(11-9-13)21-18(19)20-12-4-7-17-22-15-5-2-3-6-16(15)23-17;/h8-11H,2-7,12H2,1H3,(H3,19,20,21);1H. The number of hydrogen-bond acceptors (Lipinski definition) is 3. The molecule has 0 saturated heterocycles. The number of halogens is 1. The van der Waals surface area contributed by atoms with Crippen molar-refractivity contribution in [1.82, 2.24) is 4.98 Å². The van der Waals surface area contributed by atoms with E-state index in [4.69, 9.17) is 10.7 Å². The van der Waals surface area contributed by atoms with Gasteiger partial charge in [-0.2, -0.15) is 0 Å². The second kappa shape index (κ2) is 9.36. The first-order valence-electron chi connectivity index (χ1n) is 8.32. The molecule has 0 atom stereocenters. The van der Waals surface area contributed by atoms with Gasteiger partial charge in [0.1, 0.15) is 0 Å². The van der Waals surface area contributed by atoms with Crippen LogP contribution in [0.5, 0.6) is 0 Å². The zero-order valence-corrected chi connectivity index (χ0v) is 17.2. The molecule has 1 aliphatic rings. The molecule has 1 heterocycles. The Morgan fingerprint density at radius 3 is 2.75 bits per heavy atom. The number of hydrogen-bond donors (Lipinski definition) is 2. The van der Waals surface area contributed by atoms with Crippen molar-refractivity contribution in [2.45, 2.75) is 45.4 Å². The normalized spacial score (nSPS) is 14.0. The first-order chi connectivity index (χ1) is 11.2. The van der Waals surface area contributed by atoms with Crippen molar-refractivity contribution >= 4 is 47.0 Å². The molecular weight excluding hydrogens is 431 g/mol. The summed E-state index contributed by atoms with van der Waals surface area (Å²) in [5, 5.41) is 4.38. The summed E-state index contributed by atoms with van der Waals surface area (Å²) in [6, 6.07) is 8.13. The third-order valence-corrected chi connectivity index (χ3v) is 5.26. The van der Waals surface area contributed by atoms with E-state index in [1.54, 1.807) is 0 Å². The SMILES string of the molecule is Cc1ccc(NC(N)=NCCCc2nc3c(s2)CCCC3)cc1.I. The van der Waals surface area contributed by atoms with Crippen molar-refractivity contribution in [3.8, 4) is 0 Å². The summed E-state index contributed by atoms with van der Waals surface area (Å²) in [5.74, 6) is 0.479. The third-order valence-electron chi connectivity index (χ3n) is 4.04. The molecule has 0 fully saturated rings. The molecule has 6 heteroatoms. The van der Waals surface area contributed by atoms with E-state index in [9.17, 15) is 0 Å². The van der Waals surface area contributed by atoms with Gasteiger partial charge in [-0.3, -0.25) is 4.99 Å². The van der Waals surface area contributed by atoms with Gasteiger partial charge in [-0.15, -0.1) is 35.3 Å². The minimum atomic E-state index is 0. The molecule has 0 unspecified atom stereocenters. The number of anilines is 1. The molecule has 4 nitrogen and oxygen atoms in total. The van der Waals surface area contributed by atoms with Gasteiger partial charge < -0.3 is 11.1 Å². The monoisotopic (exact) mass is 456 g/mol. The predicted molar refractivity (Wildman–Crippen MR) is 114 cm³/mol. The van der Waals surface area contributed by atoms with Gasteiger partial charge in [0.25, 0.3) is 0 Å². The molecule has 0 spiro atoms. The van der Waals surface area contributed by atoms with Crippen LogP contribution in [0.1, 0.15) is 40.4 Å². The van der Waals surface area contributed by atoms with Crippen LogP contribution < -0.4 is 11.1 Å². The number of benzene rings is 1. The van der Waals surface area contributed by atoms with Crippen LogP contribution in [-0.2, 0) is 19.3 Å². The summed E-state index contributed by atoms with van der Waals surface area (Å²) < 4.78 is 0. The number of guanidine groups is 1. The summed E-state index contributed by atoms with van der Waals surface area (Å²) in [6.07, 6.45) is 6.99. The van der Waals surface area contributed by atoms with E-state index in [-0.39, 0.29) is 24.0 Å². The first kappa shape index (κ1) is 19.2. The van der Waals surface area contributed by atoms with Crippen molar-refractivity contribution in [2.24, 2.45) is 10.7 Å². The lowest BCUT2D eigenvalue weighted by molar-refractivity contribution is 0.679. The first-order valence-corrected chi connectivity index (χ1v) is 9.13. The molecule has 0 aliphatic heterocycles. The minimum Gasteiger partial charge on any atom is -0.370 e. The highest BCUT2D eigenvalue weighted by atomic mass is 127. The van der Waals surface area contributed by atoms with E-state index in [0.717, 1.165) is 31.5 Å². The number of nitrogens with two attached hydrogens (primary N) is 1. The fourth-order valence-electron chi connectivity index (χ4n) is 2.77. The van der Waals surface area contributed by atoms with Crippen LogP contribution in [0.3, 0.4) is 0 Å². The molecule has 0 amide bonds. The topological polar surface area (TPSA) is 63.3 Å². The van der Waals surface area contributed by atoms with Gasteiger partial charge in [0.2, 0.25) is 0 Å². The predicted octanol–water partition coefficient (Wildman–Crippen LogP) is 4.31. The number of fused-ring (bicyclic) bond motifs is 1. The number of thiazole rings is 1. The lowest BCUT2D eigenvalue weighted by Crippen LogP contribution is -2.22. The molecule has 2 aromatic rings. The van der Waals surface area contributed by atoms with Gasteiger partial charge in [0, 0.05) is 23.5 Å². The summed E-state index contributed by atoms with van der Waals surface area (Å²) in [6.45, 7) is 2.80. The summed E-state index contributed by atoms with van der Waals surface area (Å²) in [5.41, 5.74) is 9.49. The molecule has 3 rings (SSSR count). The molecule has 130 valence electrons. The Morgan fingerprint density at radius 2 is 2.00 bits per heavy atom.